The number of hydrogen-bond donors (Lipinski definition) is 0. The van der Waals surface area contributed by atoms with Gasteiger partial charge in [0.2, 0.25) is 0 Å². The maximum Gasteiger partial charge on any atom is 0.282 e. The first-order valence-corrected chi connectivity index (χ1v) is 9.82. The molecule has 2 aliphatic rings. The largest absolute Gasteiger partial charge is 0.497 e. The Hall–Kier alpha value is -2.54. The Kier molecular flexibility index (Phi) is 5.50. The molecule has 0 aliphatic carbocycles. The summed E-state index contributed by atoms with van der Waals surface area (Å²) in [4.78, 5) is 29.9. The summed E-state index contributed by atoms with van der Waals surface area (Å²) >= 11 is 12.4. The van der Waals surface area contributed by atoms with Gasteiger partial charge in [-0.2, -0.15) is 0 Å². The average Bonchev–Trinajstić information content (AvgIpc) is 3.00. The first-order valence-electron chi connectivity index (χ1n) is 9.06. The van der Waals surface area contributed by atoms with Crippen LogP contribution in [-0.4, -0.2) is 50.1 Å². The van der Waals surface area contributed by atoms with Gasteiger partial charge in [0.25, 0.3) is 11.8 Å². The molecule has 0 unspecified atom stereocenters. The Bertz CT molecular complexity index is 998. The fourth-order valence-electron chi connectivity index (χ4n) is 3.49. The third kappa shape index (κ3) is 3.59. The minimum absolute atomic E-state index is 0.267. The van der Waals surface area contributed by atoms with Gasteiger partial charge in [0.15, 0.2) is 0 Å². The molecule has 150 valence electrons. The molecule has 1 fully saturated rings. The number of nitrogens with zero attached hydrogens (tertiary/aromatic N) is 2. The lowest BCUT2D eigenvalue weighted by molar-refractivity contribution is -0.121. The normalized spacial score (nSPS) is 17.3. The van der Waals surface area contributed by atoms with Gasteiger partial charge in [0, 0.05) is 18.1 Å². The minimum atomic E-state index is -0.439. The number of halogens is 2. The Labute approximate surface area is 178 Å². The molecular formula is C21H18Cl2N2O4. The summed E-state index contributed by atoms with van der Waals surface area (Å²) in [6.07, 6.45) is 0. The van der Waals surface area contributed by atoms with Crippen molar-refractivity contribution in [3.8, 4) is 5.75 Å². The molecule has 0 atom stereocenters. The first kappa shape index (κ1) is 19.8. The van der Waals surface area contributed by atoms with E-state index in [9.17, 15) is 9.59 Å². The second-order valence-corrected chi connectivity index (χ2v) is 7.44. The highest BCUT2D eigenvalue weighted by Gasteiger charge is 2.43. The van der Waals surface area contributed by atoms with E-state index in [-0.39, 0.29) is 10.7 Å². The van der Waals surface area contributed by atoms with Crippen molar-refractivity contribution in [2.24, 2.45) is 0 Å². The summed E-state index contributed by atoms with van der Waals surface area (Å²) in [5.41, 5.74) is 1.57. The zero-order chi connectivity index (χ0) is 20.5. The van der Waals surface area contributed by atoms with Crippen LogP contribution in [-0.2, 0) is 14.3 Å². The van der Waals surface area contributed by atoms with Gasteiger partial charge in [-0.25, -0.2) is 4.90 Å². The first-order chi connectivity index (χ1) is 14.0. The average molecular weight is 433 g/mol. The van der Waals surface area contributed by atoms with E-state index < -0.39 is 11.8 Å². The van der Waals surface area contributed by atoms with Crippen molar-refractivity contribution in [3.05, 3.63) is 63.8 Å². The van der Waals surface area contributed by atoms with Crippen molar-refractivity contribution in [3.63, 3.8) is 0 Å². The third-order valence-corrected chi connectivity index (χ3v) is 5.47. The number of ether oxygens (including phenoxy) is 2. The number of morpholine rings is 1. The molecule has 2 amide bonds. The van der Waals surface area contributed by atoms with Crippen LogP contribution in [0.25, 0.3) is 5.57 Å². The van der Waals surface area contributed by atoms with Crippen LogP contribution in [0.1, 0.15) is 5.56 Å². The van der Waals surface area contributed by atoms with Crippen molar-refractivity contribution >= 4 is 46.3 Å². The highest BCUT2D eigenvalue weighted by atomic mass is 35.5. The van der Waals surface area contributed by atoms with Crippen LogP contribution in [0, 0.1) is 0 Å². The van der Waals surface area contributed by atoms with Crippen molar-refractivity contribution in [1.82, 2.24) is 4.90 Å². The number of carbonyl (C=O) groups excluding carboxylic acids is 2. The van der Waals surface area contributed by atoms with Crippen LogP contribution in [0.5, 0.6) is 5.75 Å². The van der Waals surface area contributed by atoms with Crippen LogP contribution in [0.3, 0.4) is 0 Å². The van der Waals surface area contributed by atoms with Gasteiger partial charge in [-0.05, 0) is 35.9 Å². The highest BCUT2D eigenvalue weighted by molar-refractivity contribution is 6.47. The number of hydrogen-bond acceptors (Lipinski definition) is 5. The molecule has 0 aromatic heterocycles. The minimum Gasteiger partial charge on any atom is -0.497 e. The molecule has 6 nitrogen and oxygen atoms in total. The number of benzene rings is 2. The zero-order valence-corrected chi connectivity index (χ0v) is 17.2. The Morgan fingerprint density at radius 3 is 2.31 bits per heavy atom. The molecule has 1 saturated heterocycles. The molecule has 2 heterocycles. The molecule has 0 bridgehead atoms. The molecule has 8 heteroatoms. The van der Waals surface area contributed by atoms with Crippen molar-refractivity contribution < 1.29 is 19.1 Å². The molecule has 0 saturated carbocycles. The lowest BCUT2D eigenvalue weighted by atomic mass is 10.0. The van der Waals surface area contributed by atoms with E-state index in [1.165, 1.54) is 6.07 Å². The number of anilines is 1. The molecule has 2 aromatic rings. The second kappa shape index (κ2) is 8.06. The molecule has 4 rings (SSSR count). The standard InChI is InChI=1S/C21H18Cl2N2O4/c1-28-15-5-2-13(3-6-15)18-19(24-8-10-29-11-9-24)21(27)25(20(18)26)17-12-14(22)4-7-16(17)23/h2-7,12H,8-11H2,1H3. The number of methoxy groups -OCH3 is 1. The topological polar surface area (TPSA) is 59.1 Å². The Morgan fingerprint density at radius 1 is 0.966 bits per heavy atom. The maximum absolute atomic E-state index is 13.4. The predicted octanol–water partition coefficient (Wildman–Crippen LogP) is 3.62. The number of rotatable bonds is 4. The van der Waals surface area contributed by atoms with Crippen molar-refractivity contribution in [2.75, 3.05) is 38.3 Å². The summed E-state index contributed by atoms with van der Waals surface area (Å²) in [5, 5.41) is 0.657. The van der Waals surface area contributed by atoms with Crippen LogP contribution in [0.15, 0.2) is 48.2 Å². The molecule has 0 spiro atoms. The van der Waals surface area contributed by atoms with Crippen molar-refractivity contribution in [1.29, 1.82) is 0 Å². The summed E-state index contributed by atoms with van der Waals surface area (Å²) in [5.74, 6) is -0.202. The van der Waals surface area contributed by atoms with Gasteiger partial charge in [0.05, 0.1) is 36.6 Å². The van der Waals surface area contributed by atoms with Gasteiger partial charge in [-0.1, -0.05) is 35.3 Å². The summed E-state index contributed by atoms with van der Waals surface area (Å²) in [6.45, 7) is 2.01. The number of carbonyl (C=O) groups is 2. The molecular weight excluding hydrogens is 415 g/mol. The van der Waals surface area contributed by atoms with Gasteiger partial charge < -0.3 is 14.4 Å². The summed E-state index contributed by atoms with van der Waals surface area (Å²) in [6, 6.07) is 11.7. The molecule has 0 radical (unpaired) electrons. The third-order valence-electron chi connectivity index (χ3n) is 4.91. The van der Waals surface area contributed by atoms with Crippen molar-refractivity contribution in [2.45, 2.75) is 0 Å². The zero-order valence-electron chi connectivity index (χ0n) is 15.7. The molecule has 29 heavy (non-hydrogen) atoms. The van der Waals surface area contributed by atoms with E-state index in [1.807, 2.05) is 4.90 Å². The van der Waals surface area contributed by atoms with E-state index in [4.69, 9.17) is 32.7 Å². The Morgan fingerprint density at radius 2 is 1.66 bits per heavy atom. The van der Waals surface area contributed by atoms with Crippen LogP contribution >= 0.6 is 23.2 Å². The molecule has 0 N–H and O–H groups in total. The molecule has 2 aromatic carbocycles. The Balaban J connectivity index is 1.84. The highest BCUT2D eigenvalue weighted by Crippen LogP contribution is 2.39. The van der Waals surface area contributed by atoms with Crippen LogP contribution in [0.4, 0.5) is 5.69 Å². The quantitative estimate of drug-likeness (QED) is 0.690. The number of amides is 2. The second-order valence-electron chi connectivity index (χ2n) is 6.59. The monoisotopic (exact) mass is 432 g/mol. The maximum atomic E-state index is 13.4. The van der Waals surface area contributed by atoms with Crippen LogP contribution < -0.4 is 9.64 Å². The van der Waals surface area contributed by atoms with E-state index in [0.717, 1.165) is 4.90 Å². The van der Waals surface area contributed by atoms with E-state index in [0.29, 0.717) is 53.9 Å². The lowest BCUT2D eigenvalue weighted by Gasteiger charge is -2.29. The smallest absolute Gasteiger partial charge is 0.282 e. The lowest BCUT2D eigenvalue weighted by Crippen LogP contribution is -2.40. The fraction of sp³-hybridized carbons (Fsp3) is 0.238. The van der Waals surface area contributed by atoms with Gasteiger partial charge in [-0.3, -0.25) is 9.59 Å². The SMILES string of the molecule is COc1ccc(C2=C(N3CCOCC3)C(=O)N(c3cc(Cl)ccc3Cl)C2=O)cc1. The number of imide groups is 1. The summed E-state index contributed by atoms with van der Waals surface area (Å²) < 4.78 is 10.6. The van der Waals surface area contributed by atoms with Gasteiger partial charge in [0.1, 0.15) is 11.4 Å². The van der Waals surface area contributed by atoms with Gasteiger partial charge in [-0.15, -0.1) is 0 Å². The predicted molar refractivity (Wildman–Crippen MR) is 111 cm³/mol. The van der Waals surface area contributed by atoms with Gasteiger partial charge >= 0.3 is 0 Å². The van der Waals surface area contributed by atoms with E-state index in [2.05, 4.69) is 0 Å². The fourth-order valence-corrected chi connectivity index (χ4v) is 3.86. The summed E-state index contributed by atoms with van der Waals surface area (Å²) in [7, 11) is 1.57. The van der Waals surface area contributed by atoms with E-state index >= 15 is 0 Å². The molecule has 2 aliphatic heterocycles. The van der Waals surface area contributed by atoms with Crippen LogP contribution in [0.2, 0.25) is 10.0 Å². The van der Waals surface area contributed by atoms with E-state index in [1.54, 1.807) is 43.5 Å².